The van der Waals surface area contributed by atoms with Crippen molar-refractivity contribution >= 4 is 11.9 Å². The first kappa shape index (κ1) is 18.7. The number of benzene rings is 1. The number of nitrogens with zero attached hydrogens (tertiary/aromatic N) is 2. The van der Waals surface area contributed by atoms with E-state index in [4.69, 9.17) is 0 Å². The third-order valence-corrected chi connectivity index (χ3v) is 5.54. The van der Waals surface area contributed by atoms with Crippen molar-refractivity contribution in [2.75, 3.05) is 26.2 Å². The SMILES string of the molecule is O=C(CCc1ccccc1)N1CCCN(C(=O)NC2CCCCC2)CC1. The summed E-state index contributed by atoms with van der Waals surface area (Å²) in [6.07, 6.45) is 8.10. The second-order valence-corrected chi connectivity index (χ2v) is 7.49. The Morgan fingerprint density at radius 2 is 1.58 bits per heavy atom. The maximum absolute atomic E-state index is 12.5. The summed E-state index contributed by atoms with van der Waals surface area (Å²) in [5.41, 5.74) is 1.20. The highest BCUT2D eigenvalue weighted by Gasteiger charge is 2.24. The van der Waals surface area contributed by atoms with Crippen molar-refractivity contribution in [2.24, 2.45) is 0 Å². The van der Waals surface area contributed by atoms with Gasteiger partial charge < -0.3 is 15.1 Å². The van der Waals surface area contributed by atoms with E-state index < -0.39 is 0 Å². The molecular formula is C21H31N3O2. The summed E-state index contributed by atoms with van der Waals surface area (Å²) < 4.78 is 0. The summed E-state index contributed by atoms with van der Waals surface area (Å²) in [4.78, 5) is 28.9. The minimum absolute atomic E-state index is 0.0514. The summed E-state index contributed by atoms with van der Waals surface area (Å²) in [7, 11) is 0. The summed E-state index contributed by atoms with van der Waals surface area (Å²) in [5.74, 6) is 0.198. The molecule has 0 spiro atoms. The molecule has 2 aliphatic rings. The fraction of sp³-hybridized carbons (Fsp3) is 0.619. The molecule has 26 heavy (non-hydrogen) atoms. The fourth-order valence-electron chi connectivity index (χ4n) is 3.94. The molecule has 1 aromatic rings. The van der Waals surface area contributed by atoms with Gasteiger partial charge in [-0.1, -0.05) is 49.6 Å². The van der Waals surface area contributed by atoms with Gasteiger partial charge in [-0.05, 0) is 31.2 Å². The minimum atomic E-state index is 0.0514. The number of aryl methyl sites for hydroxylation is 1. The van der Waals surface area contributed by atoms with Crippen LogP contribution >= 0.6 is 0 Å². The molecule has 2 fully saturated rings. The van der Waals surface area contributed by atoms with Crippen molar-refractivity contribution in [3.05, 3.63) is 35.9 Å². The predicted octanol–water partition coefficient (Wildman–Crippen LogP) is 3.20. The highest BCUT2D eigenvalue weighted by atomic mass is 16.2. The van der Waals surface area contributed by atoms with Crippen molar-refractivity contribution in [2.45, 2.75) is 57.4 Å². The van der Waals surface area contributed by atoms with E-state index in [1.54, 1.807) is 0 Å². The van der Waals surface area contributed by atoms with Crippen molar-refractivity contribution in [3.63, 3.8) is 0 Å². The molecule has 0 radical (unpaired) electrons. The lowest BCUT2D eigenvalue weighted by molar-refractivity contribution is -0.131. The number of rotatable bonds is 4. The van der Waals surface area contributed by atoms with Gasteiger partial charge >= 0.3 is 6.03 Å². The zero-order valence-corrected chi connectivity index (χ0v) is 15.7. The van der Waals surface area contributed by atoms with Crippen LogP contribution in [0.1, 0.15) is 50.5 Å². The van der Waals surface area contributed by atoms with E-state index in [9.17, 15) is 9.59 Å². The number of hydrogen-bond donors (Lipinski definition) is 1. The van der Waals surface area contributed by atoms with Gasteiger partial charge in [0.25, 0.3) is 0 Å². The standard InChI is InChI=1S/C21H31N3O2/c25-20(13-12-18-8-3-1-4-9-18)23-14-7-15-24(17-16-23)21(26)22-19-10-5-2-6-11-19/h1,3-4,8-9,19H,2,5-7,10-17H2,(H,22,26). The van der Waals surface area contributed by atoms with Gasteiger partial charge in [-0.25, -0.2) is 4.79 Å². The van der Waals surface area contributed by atoms with E-state index in [1.807, 2.05) is 28.0 Å². The fourth-order valence-corrected chi connectivity index (χ4v) is 3.94. The van der Waals surface area contributed by atoms with Crippen LogP contribution in [0.5, 0.6) is 0 Å². The number of carbonyl (C=O) groups is 2. The first-order chi connectivity index (χ1) is 12.7. The van der Waals surface area contributed by atoms with Gasteiger partial charge in [0, 0.05) is 38.6 Å². The lowest BCUT2D eigenvalue weighted by atomic mass is 9.96. The largest absolute Gasteiger partial charge is 0.341 e. The van der Waals surface area contributed by atoms with Crippen molar-refractivity contribution in [1.82, 2.24) is 15.1 Å². The number of hydrogen-bond acceptors (Lipinski definition) is 2. The summed E-state index contributed by atoms with van der Waals surface area (Å²) in [6, 6.07) is 10.5. The van der Waals surface area contributed by atoms with Gasteiger partial charge in [0.05, 0.1) is 0 Å². The Hall–Kier alpha value is -2.04. The summed E-state index contributed by atoms with van der Waals surface area (Å²) in [6.45, 7) is 2.77. The lowest BCUT2D eigenvalue weighted by Gasteiger charge is -2.27. The molecule has 5 nitrogen and oxygen atoms in total. The van der Waals surface area contributed by atoms with E-state index in [1.165, 1.54) is 24.8 Å². The topological polar surface area (TPSA) is 52.7 Å². The Morgan fingerprint density at radius 1 is 0.885 bits per heavy atom. The van der Waals surface area contributed by atoms with Crippen LogP contribution in [0.3, 0.4) is 0 Å². The van der Waals surface area contributed by atoms with Crippen LogP contribution in [-0.2, 0) is 11.2 Å². The molecule has 0 atom stereocenters. The molecule has 1 saturated heterocycles. The first-order valence-electron chi connectivity index (χ1n) is 10.1. The van der Waals surface area contributed by atoms with E-state index in [-0.39, 0.29) is 11.9 Å². The lowest BCUT2D eigenvalue weighted by Crippen LogP contribution is -2.46. The van der Waals surface area contributed by atoms with E-state index in [2.05, 4.69) is 17.4 Å². The molecule has 3 amide bonds. The normalized spacial score (nSPS) is 19.1. The van der Waals surface area contributed by atoms with Crippen LogP contribution in [0, 0.1) is 0 Å². The Balaban J connectivity index is 1.43. The van der Waals surface area contributed by atoms with Crippen LogP contribution in [0.2, 0.25) is 0 Å². The highest BCUT2D eigenvalue weighted by molar-refractivity contribution is 5.77. The molecule has 0 unspecified atom stereocenters. The maximum Gasteiger partial charge on any atom is 0.317 e. The van der Waals surface area contributed by atoms with Crippen LogP contribution in [0.4, 0.5) is 4.79 Å². The van der Waals surface area contributed by atoms with Gasteiger partial charge in [-0.15, -0.1) is 0 Å². The average Bonchev–Trinajstić information content (AvgIpc) is 2.94. The van der Waals surface area contributed by atoms with Crippen molar-refractivity contribution in [1.29, 1.82) is 0 Å². The molecule has 1 N–H and O–H groups in total. The highest BCUT2D eigenvalue weighted by Crippen LogP contribution is 2.18. The Bertz CT molecular complexity index is 584. The zero-order chi connectivity index (χ0) is 18.2. The quantitative estimate of drug-likeness (QED) is 0.900. The maximum atomic E-state index is 12.5. The second-order valence-electron chi connectivity index (χ2n) is 7.49. The van der Waals surface area contributed by atoms with Gasteiger partial charge in [0.15, 0.2) is 0 Å². The second kappa shape index (κ2) is 9.60. The Labute approximate surface area is 156 Å². The molecule has 1 saturated carbocycles. The zero-order valence-electron chi connectivity index (χ0n) is 15.7. The smallest absolute Gasteiger partial charge is 0.317 e. The van der Waals surface area contributed by atoms with E-state index >= 15 is 0 Å². The van der Waals surface area contributed by atoms with Crippen LogP contribution < -0.4 is 5.32 Å². The molecule has 142 valence electrons. The molecular weight excluding hydrogens is 326 g/mol. The third kappa shape index (κ3) is 5.48. The molecule has 1 heterocycles. The monoisotopic (exact) mass is 357 g/mol. The minimum Gasteiger partial charge on any atom is -0.341 e. The first-order valence-corrected chi connectivity index (χ1v) is 10.1. The van der Waals surface area contributed by atoms with Gasteiger partial charge in [-0.3, -0.25) is 4.79 Å². The molecule has 1 aromatic carbocycles. The van der Waals surface area contributed by atoms with E-state index in [0.29, 0.717) is 25.6 Å². The van der Waals surface area contributed by atoms with Crippen LogP contribution in [-0.4, -0.2) is 54.0 Å². The third-order valence-electron chi connectivity index (χ3n) is 5.54. The molecule has 3 rings (SSSR count). The average molecular weight is 357 g/mol. The van der Waals surface area contributed by atoms with E-state index in [0.717, 1.165) is 38.8 Å². The Kier molecular flexibility index (Phi) is 6.92. The number of nitrogens with one attached hydrogen (secondary N) is 1. The van der Waals surface area contributed by atoms with Crippen LogP contribution in [0.15, 0.2) is 30.3 Å². The summed E-state index contributed by atoms with van der Waals surface area (Å²) in [5, 5.41) is 3.19. The molecule has 0 bridgehead atoms. The van der Waals surface area contributed by atoms with Gasteiger partial charge in [0.2, 0.25) is 5.91 Å². The number of carbonyl (C=O) groups excluding carboxylic acids is 2. The van der Waals surface area contributed by atoms with Gasteiger partial charge in [0.1, 0.15) is 0 Å². The Morgan fingerprint density at radius 3 is 2.35 bits per heavy atom. The van der Waals surface area contributed by atoms with Gasteiger partial charge in [-0.2, -0.15) is 0 Å². The molecule has 5 heteroatoms. The molecule has 1 aliphatic carbocycles. The number of amides is 3. The predicted molar refractivity (Wildman–Crippen MR) is 103 cm³/mol. The van der Waals surface area contributed by atoms with Crippen molar-refractivity contribution in [3.8, 4) is 0 Å². The van der Waals surface area contributed by atoms with Crippen LogP contribution in [0.25, 0.3) is 0 Å². The van der Waals surface area contributed by atoms with Crippen molar-refractivity contribution < 1.29 is 9.59 Å². The number of urea groups is 1. The molecule has 0 aromatic heterocycles. The summed E-state index contributed by atoms with van der Waals surface area (Å²) >= 11 is 0. The molecule has 1 aliphatic heterocycles.